The molecular formula is C12H23N3S. The van der Waals surface area contributed by atoms with E-state index in [0.717, 1.165) is 17.5 Å². The standard InChI is InChI=1S/C12H23N3S/c1-5-6-13-11(10(2)3)9-16-12-14-7-8-15(12)4/h7-8,10-11,13H,5-6,9H2,1-4H3. The average molecular weight is 241 g/mol. The van der Waals surface area contributed by atoms with Gasteiger partial charge in [0.05, 0.1) is 0 Å². The van der Waals surface area contributed by atoms with Gasteiger partial charge in [0.1, 0.15) is 0 Å². The van der Waals surface area contributed by atoms with Crippen molar-refractivity contribution in [2.45, 2.75) is 38.4 Å². The fraction of sp³-hybridized carbons (Fsp3) is 0.750. The molecule has 4 heteroatoms. The molecular weight excluding hydrogens is 218 g/mol. The highest BCUT2D eigenvalue weighted by Gasteiger charge is 2.13. The number of nitrogens with one attached hydrogen (secondary N) is 1. The van der Waals surface area contributed by atoms with Gasteiger partial charge < -0.3 is 9.88 Å². The third-order valence-corrected chi connectivity index (χ3v) is 3.81. The molecule has 1 heterocycles. The van der Waals surface area contributed by atoms with Gasteiger partial charge in [-0.05, 0) is 18.9 Å². The smallest absolute Gasteiger partial charge is 0.167 e. The summed E-state index contributed by atoms with van der Waals surface area (Å²) < 4.78 is 2.07. The van der Waals surface area contributed by atoms with Gasteiger partial charge in [0.2, 0.25) is 0 Å². The Kier molecular flexibility index (Phi) is 5.91. The molecule has 0 aliphatic heterocycles. The van der Waals surface area contributed by atoms with Crippen molar-refractivity contribution in [1.82, 2.24) is 14.9 Å². The Morgan fingerprint density at radius 2 is 2.25 bits per heavy atom. The summed E-state index contributed by atoms with van der Waals surface area (Å²) in [5.41, 5.74) is 0. The molecule has 0 aliphatic rings. The number of aryl methyl sites for hydroxylation is 1. The maximum absolute atomic E-state index is 4.33. The second kappa shape index (κ2) is 6.97. The predicted molar refractivity (Wildman–Crippen MR) is 70.9 cm³/mol. The molecule has 0 saturated heterocycles. The molecule has 1 N–H and O–H groups in total. The first-order valence-electron chi connectivity index (χ1n) is 5.98. The number of rotatable bonds is 7. The van der Waals surface area contributed by atoms with E-state index in [1.165, 1.54) is 6.42 Å². The van der Waals surface area contributed by atoms with Gasteiger partial charge in [-0.2, -0.15) is 0 Å². The van der Waals surface area contributed by atoms with Gasteiger partial charge in [-0.3, -0.25) is 0 Å². The zero-order chi connectivity index (χ0) is 12.0. The lowest BCUT2D eigenvalue weighted by molar-refractivity contribution is 0.433. The Morgan fingerprint density at radius 3 is 2.75 bits per heavy atom. The Bertz CT molecular complexity index is 296. The molecule has 1 aromatic rings. The summed E-state index contributed by atoms with van der Waals surface area (Å²) in [6.45, 7) is 7.85. The van der Waals surface area contributed by atoms with E-state index >= 15 is 0 Å². The molecule has 0 aromatic carbocycles. The van der Waals surface area contributed by atoms with Crippen LogP contribution in [0.5, 0.6) is 0 Å². The fourth-order valence-electron chi connectivity index (χ4n) is 1.47. The van der Waals surface area contributed by atoms with Crippen LogP contribution in [0.25, 0.3) is 0 Å². The highest BCUT2D eigenvalue weighted by Crippen LogP contribution is 2.18. The van der Waals surface area contributed by atoms with Gasteiger partial charge in [0.15, 0.2) is 5.16 Å². The number of thioether (sulfide) groups is 1. The molecule has 0 spiro atoms. The van der Waals surface area contributed by atoms with Crippen LogP contribution in [0.4, 0.5) is 0 Å². The second-order valence-electron chi connectivity index (χ2n) is 4.44. The minimum absolute atomic E-state index is 0.571. The summed E-state index contributed by atoms with van der Waals surface area (Å²) in [5.74, 6) is 1.75. The van der Waals surface area contributed by atoms with E-state index in [1.807, 2.05) is 31.2 Å². The highest BCUT2D eigenvalue weighted by molar-refractivity contribution is 7.99. The van der Waals surface area contributed by atoms with Crippen molar-refractivity contribution in [3.05, 3.63) is 12.4 Å². The summed E-state index contributed by atoms with van der Waals surface area (Å²) in [6, 6.07) is 0.571. The molecule has 0 radical (unpaired) electrons. The first kappa shape index (κ1) is 13.6. The second-order valence-corrected chi connectivity index (χ2v) is 5.42. The van der Waals surface area contributed by atoms with Crippen molar-refractivity contribution in [1.29, 1.82) is 0 Å². The number of hydrogen-bond donors (Lipinski definition) is 1. The van der Waals surface area contributed by atoms with Gasteiger partial charge >= 0.3 is 0 Å². The van der Waals surface area contributed by atoms with E-state index in [4.69, 9.17) is 0 Å². The number of hydrogen-bond acceptors (Lipinski definition) is 3. The monoisotopic (exact) mass is 241 g/mol. The van der Waals surface area contributed by atoms with Crippen molar-refractivity contribution in [3.8, 4) is 0 Å². The minimum atomic E-state index is 0.571. The number of aromatic nitrogens is 2. The molecule has 0 fully saturated rings. The van der Waals surface area contributed by atoms with Crippen molar-refractivity contribution >= 4 is 11.8 Å². The Hall–Kier alpha value is -0.480. The van der Waals surface area contributed by atoms with Crippen LogP contribution >= 0.6 is 11.8 Å². The molecule has 1 unspecified atom stereocenters. The van der Waals surface area contributed by atoms with Crippen LogP contribution in [0.1, 0.15) is 27.2 Å². The van der Waals surface area contributed by atoms with Crippen LogP contribution < -0.4 is 5.32 Å². The zero-order valence-electron chi connectivity index (χ0n) is 10.7. The van der Waals surface area contributed by atoms with Gasteiger partial charge in [0.25, 0.3) is 0 Å². The molecule has 0 saturated carbocycles. The maximum atomic E-state index is 4.33. The van der Waals surface area contributed by atoms with Crippen LogP contribution in [0.3, 0.4) is 0 Å². The van der Waals surface area contributed by atoms with E-state index in [-0.39, 0.29) is 0 Å². The molecule has 0 aliphatic carbocycles. The van der Waals surface area contributed by atoms with E-state index in [1.54, 1.807) is 0 Å². The Morgan fingerprint density at radius 1 is 1.50 bits per heavy atom. The average Bonchev–Trinajstić information content (AvgIpc) is 2.64. The molecule has 1 rings (SSSR count). The summed E-state index contributed by atoms with van der Waals surface area (Å²) in [7, 11) is 2.04. The fourth-order valence-corrected chi connectivity index (χ4v) is 2.70. The largest absolute Gasteiger partial charge is 0.329 e. The van der Waals surface area contributed by atoms with Crippen LogP contribution in [0.2, 0.25) is 0 Å². The summed E-state index contributed by atoms with van der Waals surface area (Å²) >= 11 is 1.83. The van der Waals surface area contributed by atoms with E-state index in [9.17, 15) is 0 Å². The Balaban J connectivity index is 2.40. The van der Waals surface area contributed by atoms with Crippen LogP contribution in [0, 0.1) is 5.92 Å². The molecule has 92 valence electrons. The van der Waals surface area contributed by atoms with Gasteiger partial charge in [-0.1, -0.05) is 32.5 Å². The molecule has 1 atom stereocenters. The number of imidazole rings is 1. The lowest BCUT2D eigenvalue weighted by atomic mass is 10.1. The first-order valence-corrected chi connectivity index (χ1v) is 6.97. The highest BCUT2D eigenvalue weighted by atomic mass is 32.2. The van der Waals surface area contributed by atoms with Crippen LogP contribution in [0.15, 0.2) is 17.6 Å². The topological polar surface area (TPSA) is 29.9 Å². The SMILES string of the molecule is CCCNC(CSc1nccn1C)C(C)C. The van der Waals surface area contributed by atoms with Crippen molar-refractivity contribution < 1.29 is 0 Å². The quantitative estimate of drug-likeness (QED) is 0.744. The molecule has 0 amide bonds. The van der Waals surface area contributed by atoms with Crippen molar-refractivity contribution in [2.75, 3.05) is 12.3 Å². The third-order valence-electron chi connectivity index (χ3n) is 2.63. The summed E-state index contributed by atoms with van der Waals surface area (Å²) in [4.78, 5) is 4.33. The van der Waals surface area contributed by atoms with E-state index in [2.05, 4.69) is 35.6 Å². The van der Waals surface area contributed by atoms with E-state index < -0.39 is 0 Å². The maximum Gasteiger partial charge on any atom is 0.167 e. The summed E-state index contributed by atoms with van der Waals surface area (Å²) in [6.07, 6.45) is 5.04. The minimum Gasteiger partial charge on any atom is -0.329 e. The van der Waals surface area contributed by atoms with E-state index in [0.29, 0.717) is 12.0 Å². The first-order chi connectivity index (χ1) is 7.65. The van der Waals surface area contributed by atoms with Crippen LogP contribution in [-0.4, -0.2) is 27.9 Å². The molecule has 3 nitrogen and oxygen atoms in total. The lowest BCUT2D eigenvalue weighted by Gasteiger charge is -2.21. The lowest BCUT2D eigenvalue weighted by Crippen LogP contribution is -2.36. The Labute approximate surface area is 103 Å². The zero-order valence-corrected chi connectivity index (χ0v) is 11.5. The van der Waals surface area contributed by atoms with Gasteiger partial charge in [-0.15, -0.1) is 0 Å². The van der Waals surface area contributed by atoms with Gasteiger partial charge in [0, 0.05) is 31.2 Å². The predicted octanol–water partition coefficient (Wildman–Crippen LogP) is 2.54. The number of nitrogens with zero attached hydrogens (tertiary/aromatic N) is 2. The summed E-state index contributed by atoms with van der Waals surface area (Å²) in [5, 5.41) is 4.69. The van der Waals surface area contributed by atoms with Crippen LogP contribution in [-0.2, 0) is 7.05 Å². The van der Waals surface area contributed by atoms with Crippen molar-refractivity contribution in [3.63, 3.8) is 0 Å². The van der Waals surface area contributed by atoms with Crippen molar-refractivity contribution in [2.24, 2.45) is 13.0 Å². The molecule has 1 aromatic heterocycles. The third kappa shape index (κ3) is 4.18. The molecule has 16 heavy (non-hydrogen) atoms. The molecule has 0 bridgehead atoms. The van der Waals surface area contributed by atoms with Gasteiger partial charge in [-0.25, -0.2) is 4.98 Å². The normalized spacial score (nSPS) is 13.3.